The van der Waals surface area contributed by atoms with Crippen LogP contribution < -0.4 is 0 Å². The van der Waals surface area contributed by atoms with Gasteiger partial charge in [-0.05, 0) is 24.6 Å². The van der Waals surface area contributed by atoms with Gasteiger partial charge in [0, 0.05) is 12.8 Å². The first kappa shape index (κ1) is 14.6. The van der Waals surface area contributed by atoms with Crippen molar-refractivity contribution in [2.45, 2.75) is 39.4 Å². The SMILES string of the molecule is CCC(=O)O[C@@H](C)CCOCc1ccc(F)cc1. The van der Waals surface area contributed by atoms with Gasteiger partial charge in [-0.25, -0.2) is 4.39 Å². The quantitative estimate of drug-likeness (QED) is 0.554. The van der Waals surface area contributed by atoms with Crippen LogP contribution >= 0.6 is 0 Å². The van der Waals surface area contributed by atoms with Crippen LogP contribution in [0.2, 0.25) is 0 Å². The number of halogens is 1. The predicted octanol–water partition coefficient (Wildman–Crippen LogP) is 3.07. The van der Waals surface area contributed by atoms with Crippen molar-refractivity contribution in [3.8, 4) is 0 Å². The van der Waals surface area contributed by atoms with Gasteiger partial charge in [0.2, 0.25) is 0 Å². The van der Waals surface area contributed by atoms with Gasteiger partial charge in [-0.3, -0.25) is 4.79 Å². The third kappa shape index (κ3) is 5.77. The van der Waals surface area contributed by atoms with Crippen LogP contribution in [-0.4, -0.2) is 18.7 Å². The molecular formula is C14H19FO3. The first-order chi connectivity index (χ1) is 8.61. The molecule has 1 aromatic carbocycles. The van der Waals surface area contributed by atoms with E-state index in [0.717, 1.165) is 5.56 Å². The van der Waals surface area contributed by atoms with Crippen LogP contribution in [0.4, 0.5) is 4.39 Å². The molecule has 0 unspecified atom stereocenters. The van der Waals surface area contributed by atoms with Gasteiger partial charge in [0.25, 0.3) is 0 Å². The van der Waals surface area contributed by atoms with E-state index in [1.54, 1.807) is 19.1 Å². The standard InChI is InChI=1S/C14H19FO3/c1-3-14(16)18-11(2)8-9-17-10-12-4-6-13(15)7-5-12/h4-7,11H,3,8-10H2,1-2H3/t11-/m0/s1. The fraction of sp³-hybridized carbons (Fsp3) is 0.500. The Bertz CT molecular complexity index is 362. The van der Waals surface area contributed by atoms with Crippen LogP contribution in [0.1, 0.15) is 32.3 Å². The summed E-state index contributed by atoms with van der Waals surface area (Å²) in [5, 5.41) is 0. The van der Waals surface area contributed by atoms with E-state index in [0.29, 0.717) is 26.1 Å². The van der Waals surface area contributed by atoms with Gasteiger partial charge in [0.15, 0.2) is 0 Å². The van der Waals surface area contributed by atoms with Crippen molar-refractivity contribution in [3.63, 3.8) is 0 Å². The first-order valence-corrected chi connectivity index (χ1v) is 6.13. The number of carbonyl (C=O) groups excluding carboxylic acids is 1. The van der Waals surface area contributed by atoms with Crippen LogP contribution in [0, 0.1) is 5.82 Å². The maximum absolute atomic E-state index is 12.6. The molecule has 0 saturated heterocycles. The molecule has 0 aliphatic heterocycles. The molecule has 1 aromatic rings. The van der Waals surface area contributed by atoms with Crippen molar-refractivity contribution in [1.29, 1.82) is 0 Å². The lowest BCUT2D eigenvalue weighted by atomic mass is 10.2. The Hall–Kier alpha value is -1.42. The van der Waals surface area contributed by atoms with Gasteiger partial charge in [-0.2, -0.15) is 0 Å². The fourth-order valence-corrected chi connectivity index (χ4v) is 1.39. The highest BCUT2D eigenvalue weighted by molar-refractivity contribution is 5.69. The Morgan fingerprint density at radius 3 is 2.61 bits per heavy atom. The minimum absolute atomic E-state index is 0.134. The van der Waals surface area contributed by atoms with E-state index in [4.69, 9.17) is 9.47 Å². The predicted molar refractivity (Wildman–Crippen MR) is 66.5 cm³/mol. The number of rotatable bonds is 7. The Labute approximate surface area is 107 Å². The van der Waals surface area contributed by atoms with Crippen molar-refractivity contribution in [3.05, 3.63) is 35.6 Å². The molecule has 0 fully saturated rings. The van der Waals surface area contributed by atoms with Crippen molar-refractivity contribution < 1.29 is 18.7 Å². The van der Waals surface area contributed by atoms with E-state index in [9.17, 15) is 9.18 Å². The molecule has 100 valence electrons. The minimum Gasteiger partial charge on any atom is -0.463 e. The number of esters is 1. The Balaban J connectivity index is 2.14. The second-order valence-electron chi connectivity index (χ2n) is 4.12. The van der Waals surface area contributed by atoms with E-state index in [1.165, 1.54) is 12.1 Å². The van der Waals surface area contributed by atoms with E-state index in [2.05, 4.69) is 0 Å². The summed E-state index contributed by atoms with van der Waals surface area (Å²) < 4.78 is 23.2. The van der Waals surface area contributed by atoms with Gasteiger partial charge in [0.1, 0.15) is 11.9 Å². The van der Waals surface area contributed by atoms with Crippen molar-refractivity contribution in [1.82, 2.24) is 0 Å². The lowest BCUT2D eigenvalue weighted by molar-refractivity contribution is -0.148. The second kappa shape index (κ2) is 7.82. The van der Waals surface area contributed by atoms with E-state index >= 15 is 0 Å². The first-order valence-electron chi connectivity index (χ1n) is 6.13. The van der Waals surface area contributed by atoms with Crippen LogP contribution in [0.3, 0.4) is 0 Å². The maximum Gasteiger partial charge on any atom is 0.305 e. The van der Waals surface area contributed by atoms with E-state index in [-0.39, 0.29) is 17.9 Å². The molecule has 18 heavy (non-hydrogen) atoms. The maximum atomic E-state index is 12.6. The zero-order chi connectivity index (χ0) is 13.4. The second-order valence-corrected chi connectivity index (χ2v) is 4.12. The smallest absolute Gasteiger partial charge is 0.305 e. The number of ether oxygens (including phenoxy) is 2. The summed E-state index contributed by atoms with van der Waals surface area (Å²) in [6.45, 7) is 4.55. The average molecular weight is 254 g/mol. The third-order valence-corrected chi connectivity index (χ3v) is 2.47. The summed E-state index contributed by atoms with van der Waals surface area (Å²) in [5.41, 5.74) is 0.926. The highest BCUT2D eigenvalue weighted by Gasteiger charge is 2.07. The number of benzene rings is 1. The molecule has 1 atom stereocenters. The zero-order valence-electron chi connectivity index (χ0n) is 10.8. The Kier molecular flexibility index (Phi) is 6.36. The zero-order valence-corrected chi connectivity index (χ0v) is 10.8. The lowest BCUT2D eigenvalue weighted by Crippen LogP contribution is -2.16. The van der Waals surface area contributed by atoms with Crippen LogP contribution in [-0.2, 0) is 20.9 Å². The van der Waals surface area contributed by atoms with Crippen LogP contribution in [0.25, 0.3) is 0 Å². The summed E-state index contributed by atoms with van der Waals surface area (Å²) in [6, 6.07) is 6.19. The summed E-state index contributed by atoms with van der Waals surface area (Å²) in [6.07, 6.45) is 0.916. The van der Waals surface area contributed by atoms with E-state index in [1.807, 2.05) is 6.92 Å². The summed E-state index contributed by atoms with van der Waals surface area (Å²) in [5.74, 6) is -0.445. The lowest BCUT2D eigenvalue weighted by Gasteiger charge is -2.12. The van der Waals surface area contributed by atoms with Crippen molar-refractivity contribution >= 4 is 5.97 Å². The van der Waals surface area contributed by atoms with Crippen molar-refractivity contribution in [2.24, 2.45) is 0 Å². The molecule has 1 rings (SSSR count). The molecule has 4 heteroatoms. The van der Waals surface area contributed by atoms with Gasteiger partial charge in [-0.1, -0.05) is 19.1 Å². The number of carbonyl (C=O) groups is 1. The minimum atomic E-state index is -0.251. The molecule has 0 amide bonds. The van der Waals surface area contributed by atoms with Gasteiger partial charge < -0.3 is 9.47 Å². The molecule has 0 aliphatic rings. The summed E-state index contributed by atoms with van der Waals surface area (Å²) >= 11 is 0. The van der Waals surface area contributed by atoms with Gasteiger partial charge >= 0.3 is 5.97 Å². The van der Waals surface area contributed by atoms with Gasteiger partial charge in [-0.15, -0.1) is 0 Å². The molecule has 0 heterocycles. The largest absolute Gasteiger partial charge is 0.463 e. The molecule has 0 radical (unpaired) electrons. The van der Waals surface area contributed by atoms with E-state index < -0.39 is 0 Å². The van der Waals surface area contributed by atoms with Crippen LogP contribution in [0.15, 0.2) is 24.3 Å². The summed E-state index contributed by atoms with van der Waals surface area (Å²) in [4.78, 5) is 11.0. The highest BCUT2D eigenvalue weighted by Crippen LogP contribution is 2.06. The molecule has 3 nitrogen and oxygen atoms in total. The van der Waals surface area contributed by atoms with Gasteiger partial charge in [0.05, 0.1) is 13.2 Å². The Morgan fingerprint density at radius 2 is 2.00 bits per heavy atom. The summed E-state index contributed by atoms with van der Waals surface area (Å²) in [7, 11) is 0. The third-order valence-electron chi connectivity index (χ3n) is 2.47. The molecule has 0 aromatic heterocycles. The highest BCUT2D eigenvalue weighted by atomic mass is 19.1. The van der Waals surface area contributed by atoms with Crippen molar-refractivity contribution in [2.75, 3.05) is 6.61 Å². The average Bonchev–Trinajstić information content (AvgIpc) is 2.36. The number of hydrogen-bond donors (Lipinski definition) is 0. The topological polar surface area (TPSA) is 35.5 Å². The van der Waals surface area contributed by atoms with Crippen LogP contribution in [0.5, 0.6) is 0 Å². The Morgan fingerprint density at radius 1 is 1.33 bits per heavy atom. The molecule has 0 spiro atoms. The molecule has 0 bridgehead atoms. The fourth-order valence-electron chi connectivity index (χ4n) is 1.39. The molecule has 0 saturated carbocycles. The number of hydrogen-bond acceptors (Lipinski definition) is 3. The molecular weight excluding hydrogens is 235 g/mol. The normalized spacial score (nSPS) is 12.2. The molecule has 0 aliphatic carbocycles. The monoisotopic (exact) mass is 254 g/mol. The molecule has 0 N–H and O–H groups in total.